The highest BCUT2D eigenvalue weighted by molar-refractivity contribution is 7.98. The van der Waals surface area contributed by atoms with Crippen molar-refractivity contribution in [2.24, 2.45) is 0 Å². The fraction of sp³-hybridized carbons (Fsp3) is 0.294. The number of carbonyl (C=O) groups excluding carboxylic acids is 2. The zero-order valence-corrected chi connectivity index (χ0v) is 14.6. The molecule has 1 aliphatic rings. The number of amides is 1. The van der Waals surface area contributed by atoms with Crippen LogP contribution in [0.3, 0.4) is 0 Å². The summed E-state index contributed by atoms with van der Waals surface area (Å²) in [6, 6.07) is 7.41. The molecule has 1 heterocycles. The quantitative estimate of drug-likeness (QED) is 0.671. The minimum Gasteiger partial charge on any atom is -0.465 e. The van der Waals surface area contributed by atoms with Crippen LogP contribution < -0.4 is 5.32 Å². The second kappa shape index (κ2) is 6.76. The first-order valence-electron chi connectivity index (χ1n) is 7.32. The van der Waals surface area contributed by atoms with Gasteiger partial charge in [0.05, 0.1) is 12.7 Å². The second-order valence-corrected chi connectivity index (χ2v) is 7.22. The van der Waals surface area contributed by atoms with Gasteiger partial charge >= 0.3 is 5.97 Å². The van der Waals surface area contributed by atoms with Crippen molar-refractivity contribution in [1.29, 1.82) is 0 Å². The first-order chi connectivity index (χ1) is 11.1. The van der Waals surface area contributed by atoms with Crippen molar-refractivity contribution in [1.82, 2.24) is 0 Å². The molecule has 0 unspecified atom stereocenters. The molecule has 120 valence electrons. The van der Waals surface area contributed by atoms with E-state index in [4.69, 9.17) is 4.74 Å². The molecule has 4 nitrogen and oxygen atoms in total. The maximum atomic E-state index is 12.4. The van der Waals surface area contributed by atoms with Gasteiger partial charge in [-0.05, 0) is 55.3 Å². The lowest BCUT2D eigenvalue weighted by atomic mass is 10.1. The van der Waals surface area contributed by atoms with Crippen LogP contribution in [0.2, 0.25) is 0 Å². The summed E-state index contributed by atoms with van der Waals surface area (Å²) >= 11 is 3.11. The number of ether oxygens (including phenoxy) is 1. The van der Waals surface area contributed by atoms with Crippen LogP contribution in [0, 0.1) is 0 Å². The predicted molar refractivity (Wildman–Crippen MR) is 93.9 cm³/mol. The molecule has 23 heavy (non-hydrogen) atoms. The molecule has 6 heteroatoms. The van der Waals surface area contributed by atoms with E-state index in [0.717, 1.165) is 29.7 Å². The summed E-state index contributed by atoms with van der Waals surface area (Å²) in [5.41, 5.74) is 2.14. The number of anilines is 1. The van der Waals surface area contributed by atoms with Crippen molar-refractivity contribution >= 4 is 40.0 Å². The summed E-state index contributed by atoms with van der Waals surface area (Å²) in [5, 5.41) is 3.48. The molecule has 1 aromatic heterocycles. The Hall–Kier alpha value is -1.79. The van der Waals surface area contributed by atoms with E-state index in [2.05, 4.69) is 5.32 Å². The number of carbonyl (C=O) groups is 2. The number of hydrogen-bond acceptors (Lipinski definition) is 5. The molecule has 3 rings (SSSR count). The maximum absolute atomic E-state index is 12.4. The lowest BCUT2D eigenvalue weighted by Gasteiger charge is -2.07. The molecule has 1 aromatic carbocycles. The summed E-state index contributed by atoms with van der Waals surface area (Å²) in [5.74, 6) is -0.583. The zero-order valence-electron chi connectivity index (χ0n) is 13.0. The van der Waals surface area contributed by atoms with Gasteiger partial charge in [0.2, 0.25) is 0 Å². The number of thiophene rings is 1. The molecule has 0 atom stereocenters. The Kier molecular flexibility index (Phi) is 4.73. The highest BCUT2D eigenvalue weighted by Crippen LogP contribution is 2.39. The van der Waals surface area contributed by atoms with Crippen LogP contribution in [-0.2, 0) is 17.6 Å². The van der Waals surface area contributed by atoms with Crippen LogP contribution in [0.4, 0.5) is 5.00 Å². The number of benzene rings is 1. The van der Waals surface area contributed by atoms with Crippen molar-refractivity contribution in [3.05, 3.63) is 45.8 Å². The third-order valence-electron chi connectivity index (χ3n) is 3.89. The largest absolute Gasteiger partial charge is 0.465 e. The molecule has 0 spiro atoms. The van der Waals surface area contributed by atoms with Crippen molar-refractivity contribution in [3.8, 4) is 0 Å². The molecular formula is C17H17NO3S2. The molecule has 0 saturated heterocycles. The highest BCUT2D eigenvalue weighted by Gasteiger charge is 2.28. The van der Waals surface area contributed by atoms with E-state index in [1.165, 1.54) is 23.3 Å². The molecule has 1 amide bonds. The van der Waals surface area contributed by atoms with Crippen LogP contribution in [-0.4, -0.2) is 25.2 Å². The fourth-order valence-corrected chi connectivity index (χ4v) is 4.41. The Bertz CT molecular complexity index is 750. The van der Waals surface area contributed by atoms with E-state index in [9.17, 15) is 9.59 Å². The van der Waals surface area contributed by atoms with Gasteiger partial charge in [0.25, 0.3) is 5.91 Å². The summed E-state index contributed by atoms with van der Waals surface area (Å²) in [6.07, 6.45) is 4.87. The van der Waals surface area contributed by atoms with E-state index < -0.39 is 0 Å². The second-order valence-electron chi connectivity index (χ2n) is 5.24. The Balaban J connectivity index is 1.87. The maximum Gasteiger partial charge on any atom is 0.341 e. The summed E-state index contributed by atoms with van der Waals surface area (Å²) in [6.45, 7) is 0. The minimum atomic E-state index is -0.377. The van der Waals surface area contributed by atoms with Gasteiger partial charge in [-0.1, -0.05) is 0 Å². The summed E-state index contributed by atoms with van der Waals surface area (Å²) < 4.78 is 4.89. The third-order valence-corrected chi connectivity index (χ3v) is 5.84. The van der Waals surface area contributed by atoms with Gasteiger partial charge in [0.1, 0.15) is 5.00 Å². The monoisotopic (exact) mass is 347 g/mol. The van der Waals surface area contributed by atoms with Gasteiger partial charge < -0.3 is 10.1 Å². The van der Waals surface area contributed by atoms with Gasteiger partial charge in [0.15, 0.2) is 0 Å². The number of fused-ring (bicyclic) bond motifs is 1. The van der Waals surface area contributed by atoms with Crippen molar-refractivity contribution in [2.75, 3.05) is 18.7 Å². The molecule has 0 saturated carbocycles. The number of aryl methyl sites for hydroxylation is 1. The predicted octanol–water partition coefficient (Wildman–Crippen LogP) is 4.00. The number of methoxy groups -OCH3 is 1. The van der Waals surface area contributed by atoms with Gasteiger partial charge in [-0.15, -0.1) is 23.1 Å². The van der Waals surface area contributed by atoms with E-state index in [0.29, 0.717) is 16.1 Å². The van der Waals surface area contributed by atoms with Crippen LogP contribution in [0.25, 0.3) is 0 Å². The molecular weight excluding hydrogens is 330 g/mol. The lowest BCUT2D eigenvalue weighted by Crippen LogP contribution is -2.14. The molecule has 0 radical (unpaired) electrons. The highest BCUT2D eigenvalue weighted by atomic mass is 32.2. The molecule has 1 N–H and O–H groups in total. The molecule has 0 aliphatic heterocycles. The molecule has 0 bridgehead atoms. The van der Waals surface area contributed by atoms with Gasteiger partial charge in [-0.2, -0.15) is 0 Å². The Morgan fingerprint density at radius 2 is 1.96 bits per heavy atom. The Morgan fingerprint density at radius 1 is 1.22 bits per heavy atom. The van der Waals surface area contributed by atoms with Gasteiger partial charge in [0, 0.05) is 15.3 Å². The van der Waals surface area contributed by atoms with Crippen LogP contribution in [0.5, 0.6) is 0 Å². The normalized spacial score (nSPS) is 12.8. The van der Waals surface area contributed by atoms with E-state index in [-0.39, 0.29) is 11.9 Å². The van der Waals surface area contributed by atoms with Crippen LogP contribution in [0.1, 0.15) is 37.6 Å². The summed E-state index contributed by atoms with van der Waals surface area (Å²) in [4.78, 5) is 26.8. The number of rotatable bonds is 4. The first-order valence-corrected chi connectivity index (χ1v) is 9.36. The number of thioether (sulfide) groups is 1. The van der Waals surface area contributed by atoms with Crippen molar-refractivity contribution in [2.45, 2.75) is 24.2 Å². The van der Waals surface area contributed by atoms with E-state index >= 15 is 0 Å². The fourth-order valence-electron chi connectivity index (χ4n) is 2.73. The molecule has 1 aliphatic carbocycles. The number of nitrogens with one attached hydrogen (secondary N) is 1. The van der Waals surface area contributed by atoms with Crippen LogP contribution >= 0.6 is 23.1 Å². The van der Waals surface area contributed by atoms with E-state index in [1.807, 2.05) is 18.4 Å². The van der Waals surface area contributed by atoms with Crippen molar-refractivity contribution in [3.63, 3.8) is 0 Å². The molecule has 2 aromatic rings. The smallest absolute Gasteiger partial charge is 0.341 e. The molecule has 0 fully saturated rings. The van der Waals surface area contributed by atoms with Gasteiger partial charge in [-0.25, -0.2) is 4.79 Å². The SMILES string of the molecule is COC(=O)c1c(NC(=O)c2ccc(SC)cc2)sc2c1CCC2. The zero-order chi connectivity index (χ0) is 16.4. The third kappa shape index (κ3) is 3.14. The minimum absolute atomic E-state index is 0.206. The first kappa shape index (κ1) is 16.1. The average molecular weight is 347 g/mol. The van der Waals surface area contributed by atoms with E-state index in [1.54, 1.807) is 23.9 Å². The summed E-state index contributed by atoms with van der Waals surface area (Å²) in [7, 11) is 1.37. The standard InChI is InChI=1S/C17H17NO3S2/c1-21-17(20)14-12-4-3-5-13(12)23-16(14)18-15(19)10-6-8-11(22-2)9-7-10/h6-9H,3-5H2,1-2H3,(H,18,19). The average Bonchev–Trinajstić information content (AvgIpc) is 3.14. The van der Waals surface area contributed by atoms with Crippen LogP contribution in [0.15, 0.2) is 29.2 Å². The number of esters is 1. The Morgan fingerprint density at radius 3 is 2.61 bits per heavy atom. The number of hydrogen-bond donors (Lipinski definition) is 1. The van der Waals surface area contributed by atoms with Crippen molar-refractivity contribution < 1.29 is 14.3 Å². The Labute approximate surface area is 143 Å². The topological polar surface area (TPSA) is 55.4 Å². The van der Waals surface area contributed by atoms with Gasteiger partial charge in [-0.3, -0.25) is 4.79 Å². The lowest BCUT2D eigenvalue weighted by molar-refractivity contribution is 0.0601.